The third-order valence-corrected chi connectivity index (χ3v) is 4.48. The first-order chi connectivity index (χ1) is 11.7. The van der Waals surface area contributed by atoms with Gasteiger partial charge in [0, 0.05) is 24.0 Å². The molecule has 24 heavy (non-hydrogen) atoms. The molecule has 0 spiro atoms. The Morgan fingerprint density at radius 3 is 2.62 bits per heavy atom. The van der Waals surface area contributed by atoms with Crippen LogP contribution < -0.4 is 10.1 Å². The molecule has 0 bridgehead atoms. The molecule has 0 radical (unpaired) electrons. The molecule has 1 aromatic heterocycles. The highest BCUT2D eigenvalue weighted by Gasteiger charge is 2.18. The van der Waals surface area contributed by atoms with Crippen molar-refractivity contribution in [3.8, 4) is 5.75 Å². The van der Waals surface area contributed by atoms with Gasteiger partial charge in [-0.25, -0.2) is 4.98 Å². The second-order valence-corrected chi connectivity index (χ2v) is 6.28. The molecule has 1 N–H and O–H groups in total. The summed E-state index contributed by atoms with van der Waals surface area (Å²) >= 11 is 1.52. The van der Waals surface area contributed by atoms with Gasteiger partial charge in [0.15, 0.2) is 0 Å². The van der Waals surface area contributed by atoms with Crippen LogP contribution >= 0.6 is 11.3 Å². The van der Waals surface area contributed by atoms with E-state index in [0.717, 1.165) is 31.6 Å². The summed E-state index contributed by atoms with van der Waals surface area (Å²) in [7, 11) is 0. The molecule has 1 aliphatic heterocycles. The number of benzene rings is 1. The van der Waals surface area contributed by atoms with E-state index in [0.29, 0.717) is 17.9 Å². The number of nitrogens with one attached hydrogen (secondary N) is 1. The van der Waals surface area contributed by atoms with E-state index in [2.05, 4.69) is 10.3 Å². The molecule has 0 atom stereocenters. The molecular formula is C17H19N3O3S. The van der Waals surface area contributed by atoms with Gasteiger partial charge in [-0.3, -0.25) is 9.59 Å². The highest BCUT2D eigenvalue weighted by atomic mass is 32.1. The van der Waals surface area contributed by atoms with E-state index >= 15 is 0 Å². The van der Waals surface area contributed by atoms with Crippen LogP contribution in [-0.4, -0.2) is 41.3 Å². The Morgan fingerprint density at radius 2 is 1.96 bits per heavy atom. The highest BCUT2D eigenvalue weighted by molar-refractivity contribution is 7.07. The standard InChI is InChI=1S/C17H19N3O3S/c21-16(20-7-1-2-8-20)9-18-17(22)13-3-5-15(6-4-13)23-10-14-11-24-12-19-14/h3-6,11-12H,1-2,7-10H2,(H,18,22). The van der Waals surface area contributed by atoms with Gasteiger partial charge in [0.05, 0.1) is 17.7 Å². The first-order valence-corrected chi connectivity index (χ1v) is 8.82. The lowest BCUT2D eigenvalue weighted by atomic mass is 10.2. The van der Waals surface area contributed by atoms with Gasteiger partial charge in [0.25, 0.3) is 5.91 Å². The van der Waals surface area contributed by atoms with Crippen molar-refractivity contribution >= 4 is 23.2 Å². The summed E-state index contributed by atoms with van der Waals surface area (Å²) in [5, 5.41) is 4.60. The van der Waals surface area contributed by atoms with Crippen LogP contribution in [0, 0.1) is 0 Å². The van der Waals surface area contributed by atoms with Gasteiger partial charge in [-0.05, 0) is 37.1 Å². The second-order valence-electron chi connectivity index (χ2n) is 5.56. The van der Waals surface area contributed by atoms with Crippen molar-refractivity contribution < 1.29 is 14.3 Å². The smallest absolute Gasteiger partial charge is 0.251 e. The predicted octanol–water partition coefficient (Wildman–Crippen LogP) is 2.07. The van der Waals surface area contributed by atoms with Crippen molar-refractivity contribution in [2.24, 2.45) is 0 Å². The lowest BCUT2D eigenvalue weighted by Crippen LogP contribution is -2.38. The van der Waals surface area contributed by atoms with Gasteiger partial charge >= 0.3 is 0 Å². The topological polar surface area (TPSA) is 71.5 Å². The van der Waals surface area contributed by atoms with Crippen molar-refractivity contribution in [1.29, 1.82) is 0 Å². The van der Waals surface area contributed by atoms with Crippen LogP contribution in [0.4, 0.5) is 0 Å². The van der Waals surface area contributed by atoms with Crippen LogP contribution in [0.5, 0.6) is 5.75 Å². The fourth-order valence-corrected chi connectivity index (χ4v) is 3.05. The van der Waals surface area contributed by atoms with Crippen LogP contribution in [0.15, 0.2) is 35.2 Å². The normalized spacial score (nSPS) is 13.8. The Bertz CT molecular complexity index is 680. The van der Waals surface area contributed by atoms with Crippen LogP contribution in [0.2, 0.25) is 0 Å². The van der Waals surface area contributed by atoms with Gasteiger partial charge in [-0.1, -0.05) is 0 Å². The summed E-state index contributed by atoms with van der Waals surface area (Å²) < 4.78 is 5.60. The number of aromatic nitrogens is 1. The SMILES string of the molecule is O=C(NCC(=O)N1CCCC1)c1ccc(OCc2cscn2)cc1. The van der Waals surface area contributed by atoms with Crippen LogP contribution in [0.1, 0.15) is 28.9 Å². The largest absolute Gasteiger partial charge is 0.487 e. The van der Waals surface area contributed by atoms with E-state index < -0.39 is 0 Å². The molecule has 0 saturated carbocycles. The minimum atomic E-state index is -0.256. The molecule has 2 heterocycles. The first kappa shape index (κ1) is 16.4. The first-order valence-electron chi connectivity index (χ1n) is 7.88. The quantitative estimate of drug-likeness (QED) is 0.870. The Balaban J connectivity index is 1.47. The second kappa shape index (κ2) is 7.92. The molecule has 1 aliphatic rings. The molecular weight excluding hydrogens is 326 g/mol. The summed E-state index contributed by atoms with van der Waals surface area (Å²) in [6.45, 7) is 2.03. The molecule has 6 nitrogen and oxygen atoms in total. The Hall–Kier alpha value is -2.41. The van der Waals surface area contributed by atoms with Crippen LogP contribution in [0.3, 0.4) is 0 Å². The monoisotopic (exact) mass is 345 g/mol. The number of hydrogen-bond donors (Lipinski definition) is 1. The molecule has 0 unspecified atom stereocenters. The van der Waals surface area contributed by atoms with E-state index in [1.165, 1.54) is 11.3 Å². The molecule has 2 aromatic rings. The molecule has 0 aliphatic carbocycles. The number of ether oxygens (including phenoxy) is 1. The number of hydrogen-bond acceptors (Lipinski definition) is 5. The summed E-state index contributed by atoms with van der Waals surface area (Å²) in [6.07, 6.45) is 2.09. The van der Waals surface area contributed by atoms with E-state index in [4.69, 9.17) is 4.74 Å². The van der Waals surface area contributed by atoms with Gasteiger partial charge in [-0.15, -0.1) is 11.3 Å². The third-order valence-electron chi connectivity index (χ3n) is 3.85. The average Bonchev–Trinajstić information content (AvgIpc) is 3.31. The van der Waals surface area contributed by atoms with Crippen molar-refractivity contribution in [2.75, 3.05) is 19.6 Å². The zero-order chi connectivity index (χ0) is 16.8. The maximum absolute atomic E-state index is 12.1. The maximum Gasteiger partial charge on any atom is 0.251 e. The minimum Gasteiger partial charge on any atom is -0.487 e. The lowest BCUT2D eigenvalue weighted by Gasteiger charge is -2.15. The third kappa shape index (κ3) is 4.32. The zero-order valence-electron chi connectivity index (χ0n) is 13.2. The predicted molar refractivity (Wildman–Crippen MR) is 91.0 cm³/mol. The number of thiazole rings is 1. The van der Waals surface area contributed by atoms with Crippen molar-refractivity contribution in [3.05, 3.63) is 46.4 Å². The molecule has 1 aromatic carbocycles. The molecule has 1 fully saturated rings. The Labute approximate surface area is 144 Å². The van der Waals surface area contributed by atoms with E-state index in [1.54, 1.807) is 34.7 Å². The minimum absolute atomic E-state index is 0.0240. The summed E-state index contributed by atoms with van der Waals surface area (Å²) in [6, 6.07) is 6.85. The van der Waals surface area contributed by atoms with E-state index in [-0.39, 0.29) is 18.4 Å². The van der Waals surface area contributed by atoms with E-state index in [1.807, 2.05) is 5.38 Å². The average molecular weight is 345 g/mol. The molecule has 2 amide bonds. The summed E-state index contributed by atoms with van der Waals surface area (Å²) in [5.74, 6) is 0.394. The van der Waals surface area contributed by atoms with Crippen molar-refractivity contribution in [3.63, 3.8) is 0 Å². The number of carbonyl (C=O) groups excluding carboxylic acids is 2. The van der Waals surface area contributed by atoms with Gasteiger partial charge in [-0.2, -0.15) is 0 Å². The van der Waals surface area contributed by atoms with E-state index in [9.17, 15) is 9.59 Å². The number of rotatable bonds is 6. The number of nitrogens with zero attached hydrogens (tertiary/aromatic N) is 2. The molecule has 1 saturated heterocycles. The number of amides is 2. The van der Waals surface area contributed by atoms with Crippen LogP contribution in [-0.2, 0) is 11.4 Å². The van der Waals surface area contributed by atoms with Crippen molar-refractivity contribution in [2.45, 2.75) is 19.4 Å². The van der Waals surface area contributed by atoms with Crippen LogP contribution in [0.25, 0.3) is 0 Å². The highest BCUT2D eigenvalue weighted by Crippen LogP contribution is 2.14. The summed E-state index contributed by atoms with van der Waals surface area (Å²) in [5.41, 5.74) is 3.14. The molecule has 126 valence electrons. The molecule has 3 rings (SSSR count). The Kier molecular flexibility index (Phi) is 5.43. The Morgan fingerprint density at radius 1 is 1.21 bits per heavy atom. The zero-order valence-corrected chi connectivity index (χ0v) is 14.1. The number of likely N-dealkylation sites (tertiary alicyclic amines) is 1. The fourth-order valence-electron chi connectivity index (χ4n) is 2.50. The number of carbonyl (C=O) groups is 2. The van der Waals surface area contributed by atoms with Gasteiger partial charge in [0.2, 0.25) is 5.91 Å². The van der Waals surface area contributed by atoms with Crippen molar-refractivity contribution in [1.82, 2.24) is 15.2 Å². The molecule has 7 heteroatoms. The fraction of sp³-hybridized carbons (Fsp3) is 0.353. The van der Waals surface area contributed by atoms with Gasteiger partial charge < -0.3 is 15.0 Å². The summed E-state index contributed by atoms with van der Waals surface area (Å²) in [4.78, 5) is 29.9. The van der Waals surface area contributed by atoms with Gasteiger partial charge in [0.1, 0.15) is 12.4 Å². The maximum atomic E-state index is 12.1. The lowest BCUT2D eigenvalue weighted by molar-refractivity contribution is -0.129.